The first-order valence-electron chi connectivity index (χ1n) is 8.26. The zero-order valence-electron chi connectivity index (χ0n) is 14.3. The molecular weight excluding hydrogens is 262 g/mol. The highest BCUT2D eigenvalue weighted by Gasteiger charge is 2.23. The number of rotatable bonds is 6. The molecule has 0 unspecified atom stereocenters. The highest BCUT2D eigenvalue weighted by molar-refractivity contribution is 5.50. The Hall–Kier alpha value is -1.07. The van der Waals surface area contributed by atoms with E-state index < -0.39 is 0 Å². The normalized spacial score (nSPS) is 17.0. The fourth-order valence-electron chi connectivity index (χ4n) is 3.10. The van der Waals surface area contributed by atoms with Crippen LogP contribution >= 0.6 is 0 Å². The molecule has 21 heavy (non-hydrogen) atoms. The molecule has 1 aromatic rings. The van der Waals surface area contributed by atoms with Gasteiger partial charge in [0, 0.05) is 51.4 Å². The van der Waals surface area contributed by atoms with Crippen molar-refractivity contribution in [3.8, 4) is 0 Å². The Morgan fingerprint density at radius 1 is 1.19 bits per heavy atom. The second-order valence-electron chi connectivity index (χ2n) is 6.38. The van der Waals surface area contributed by atoms with Crippen LogP contribution < -0.4 is 10.2 Å². The van der Waals surface area contributed by atoms with Gasteiger partial charge in [-0.05, 0) is 19.9 Å². The summed E-state index contributed by atoms with van der Waals surface area (Å²) in [4.78, 5) is 5.06. The molecule has 120 valence electrons. The standard InChI is InChI=1S/C16H31N5/c1-6-7-20-8-10-21(11-9-20)16-15(12-17-13(2)3)14(4)18-19(16)5/h13,17H,6-12H2,1-5H3. The minimum atomic E-state index is 0.499. The molecule has 5 nitrogen and oxygen atoms in total. The zero-order chi connectivity index (χ0) is 15.4. The summed E-state index contributed by atoms with van der Waals surface area (Å²) in [6.07, 6.45) is 1.24. The van der Waals surface area contributed by atoms with Crippen molar-refractivity contribution >= 4 is 5.82 Å². The van der Waals surface area contributed by atoms with Crippen LogP contribution in [0.5, 0.6) is 0 Å². The first-order valence-corrected chi connectivity index (χ1v) is 8.26. The molecule has 0 aromatic carbocycles. The first-order chi connectivity index (χ1) is 10.0. The summed E-state index contributed by atoms with van der Waals surface area (Å²) < 4.78 is 2.06. The fourth-order valence-corrected chi connectivity index (χ4v) is 3.10. The second kappa shape index (κ2) is 7.27. The third kappa shape index (κ3) is 3.98. The van der Waals surface area contributed by atoms with E-state index in [9.17, 15) is 0 Å². The molecule has 0 bridgehead atoms. The van der Waals surface area contributed by atoms with Gasteiger partial charge in [-0.25, -0.2) is 0 Å². The Morgan fingerprint density at radius 2 is 1.86 bits per heavy atom. The molecule has 0 aliphatic carbocycles. The molecule has 0 saturated carbocycles. The summed E-state index contributed by atoms with van der Waals surface area (Å²) in [5.74, 6) is 1.30. The summed E-state index contributed by atoms with van der Waals surface area (Å²) in [5.41, 5.74) is 2.51. The van der Waals surface area contributed by atoms with Crippen molar-refractivity contribution in [1.29, 1.82) is 0 Å². The van der Waals surface area contributed by atoms with Crippen LogP contribution in [0.25, 0.3) is 0 Å². The van der Waals surface area contributed by atoms with Crippen LogP contribution in [0.3, 0.4) is 0 Å². The maximum atomic E-state index is 4.64. The van der Waals surface area contributed by atoms with Crippen LogP contribution in [-0.2, 0) is 13.6 Å². The van der Waals surface area contributed by atoms with Crippen molar-refractivity contribution in [2.45, 2.75) is 46.7 Å². The number of nitrogens with zero attached hydrogens (tertiary/aromatic N) is 4. The van der Waals surface area contributed by atoms with E-state index in [4.69, 9.17) is 0 Å². The Balaban J connectivity index is 2.09. The zero-order valence-corrected chi connectivity index (χ0v) is 14.3. The topological polar surface area (TPSA) is 36.3 Å². The summed E-state index contributed by atoms with van der Waals surface area (Å²) in [7, 11) is 2.07. The SMILES string of the molecule is CCCN1CCN(c2c(CNC(C)C)c(C)nn2C)CC1. The molecule has 0 spiro atoms. The van der Waals surface area contributed by atoms with Gasteiger partial charge in [0.15, 0.2) is 0 Å². The van der Waals surface area contributed by atoms with Crippen molar-refractivity contribution in [2.24, 2.45) is 7.05 Å². The Morgan fingerprint density at radius 3 is 2.43 bits per heavy atom. The van der Waals surface area contributed by atoms with E-state index in [-0.39, 0.29) is 0 Å². The fraction of sp³-hybridized carbons (Fsp3) is 0.812. The van der Waals surface area contributed by atoms with Gasteiger partial charge in [0.2, 0.25) is 0 Å². The predicted molar refractivity (Wildman–Crippen MR) is 88.9 cm³/mol. The van der Waals surface area contributed by atoms with Crippen LogP contribution in [0, 0.1) is 6.92 Å². The third-order valence-corrected chi connectivity index (χ3v) is 4.21. The third-order valence-electron chi connectivity index (χ3n) is 4.21. The predicted octanol–water partition coefficient (Wildman–Crippen LogP) is 1.76. The average Bonchev–Trinajstić information content (AvgIpc) is 2.72. The molecule has 1 N–H and O–H groups in total. The van der Waals surface area contributed by atoms with Gasteiger partial charge >= 0.3 is 0 Å². The average molecular weight is 293 g/mol. The van der Waals surface area contributed by atoms with Crippen molar-refractivity contribution in [3.05, 3.63) is 11.3 Å². The molecule has 0 atom stereocenters. The van der Waals surface area contributed by atoms with Gasteiger partial charge < -0.3 is 10.2 Å². The lowest BCUT2D eigenvalue weighted by atomic mass is 10.2. The number of anilines is 1. The smallest absolute Gasteiger partial charge is 0.131 e. The van der Waals surface area contributed by atoms with E-state index in [0.29, 0.717) is 6.04 Å². The van der Waals surface area contributed by atoms with E-state index in [1.807, 2.05) is 0 Å². The summed E-state index contributed by atoms with van der Waals surface area (Å²) >= 11 is 0. The maximum Gasteiger partial charge on any atom is 0.131 e. The summed E-state index contributed by atoms with van der Waals surface area (Å²) in [5, 5.41) is 8.18. The van der Waals surface area contributed by atoms with Gasteiger partial charge in [-0.15, -0.1) is 0 Å². The van der Waals surface area contributed by atoms with E-state index in [1.165, 1.54) is 24.3 Å². The van der Waals surface area contributed by atoms with Crippen molar-refractivity contribution < 1.29 is 0 Å². The van der Waals surface area contributed by atoms with Crippen molar-refractivity contribution in [3.63, 3.8) is 0 Å². The van der Waals surface area contributed by atoms with Gasteiger partial charge in [-0.3, -0.25) is 9.58 Å². The van der Waals surface area contributed by atoms with E-state index in [1.54, 1.807) is 0 Å². The molecule has 2 heterocycles. The molecule has 0 radical (unpaired) electrons. The lowest BCUT2D eigenvalue weighted by Crippen LogP contribution is -2.47. The molecule has 1 saturated heterocycles. The van der Waals surface area contributed by atoms with Gasteiger partial charge in [0.25, 0.3) is 0 Å². The number of piperazine rings is 1. The molecule has 1 aromatic heterocycles. The highest BCUT2D eigenvalue weighted by atomic mass is 15.4. The van der Waals surface area contributed by atoms with Gasteiger partial charge in [0.05, 0.1) is 5.69 Å². The molecule has 0 amide bonds. The minimum absolute atomic E-state index is 0.499. The molecular formula is C16H31N5. The quantitative estimate of drug-likeness (QED) is 0.867. The van der Waals surface area contributed by atoms with Gasteiger partial charge in [-0.2, -0.15) is 5.10 Å². The van der Waals surface area contributed by atoms with Crippen LogP contribution in [0.2, 0.25) is 0 Å². The van der Waals surface area contributed by atoms with E-state index in [0.717, 1.165) is 38.4 Å². The Bertz CT molecular complexity index is 444. The summed E-state index contributed by atoms with van der Waals surface area (Å²) in [6.45, 7) is 15.4. The summed E-state index contributed by atoms with van der Waals surface area (Å²) in [6, 6.07) is 0.499. The Labute approximate surface area is 129 Å². The number of hydrogen-bond acceptors (Lipinski definition) is 4. The van der Waals surface area contributed by atoms with Crippen molar-refractivity contribution in [2.75, 3.05) is 37.6 Å². The number of aryl methyl sites for hydroxylation is 2. The second-order valence-corrected chi connectivity index (χ2v) is 6.38. The first kappa shape index (κ1) is 16.3. The monoisotopic (exact) mass is 293 g/mol. The minimum Gasteiger partial charge on any atom is -0.354 e. The molecule has 1 fully saturated rings. The van der Waals surface area contributed by atoms with Crippen LogP contribution in [0.15, 0.2) is 0 Å². The Kier molecular flexibility index (Phi) is 5.65. The molecule has 5 heteroatoms. The van der Waals surface area contributed by atoms with E-state index >= 15 is 0 Å². The number of nitrogens with one attached hydrogen (secondary N) is 1. The lowest BCUT2D eigenvalue weighted by molar-refractivity contribution is 0.257. The largest absolute Gasteiger partial charge is 0.354 e. The molecule has 2 rings (SSSR count). The number of hydrogen-bond donors (Lipinski definition) is 1. The highest BCUT2D eigenvalue weighted by Crippen LogP contribution is 2.24. The van der Waals surface area contributed by atoms with Gasteiger partial charge in [0.1, 0.15) is 5.82 Å². The lowest BCUT2D eigenvalue weighted by Gasteiger charge is -2.36. The van der Waals surface area contributed by atoms with Crippen molar-refractivity contribution in [1.82, 2.24) is 20.0 Å². The van der Waals surface area contributed by atoms with Crippen LogP contribution in [0.4, 0.5) is 5.82 Å². The van der Waals surface area contributed by atoms with Crippen LogP contribution in [-0.4, -0.2) is 53.4 Å². The maximum absolute atomic E-state index is 4.64. The van der Waals surface area contributed by atoms with Crippen LogP contribution in [0.1, 0.15) is 38.4 Å². The molecule has 1 aliphatic rings. The van der Waals surface area contributed by atoms with Gasteiger partial charge in [-0.1, -0.05) is 20.8 Å². The number of aromatic nitrogens is 2. The van der Waals surface area contributed by atoms with E-state index in [2.05, 4.69) is 59.6 Å². The molecule has 1 aliphatic heterocycles.